The molecule has 0 aliphatic carbocycles. The van der Waals surface area contributed by atoms with E-state index in [-0.39, 0.29) is 75.0 Å². The van der Waals surface area contributed by atoms with E-state index in [9.17, 15) is 4.57 Å². The molecule has 0 radical (unpaired) electrons. The summed E-state index contributed by atoms with van der Waals surface area (Å²) >= 11 is 11.4. The predicted octanol–water partition coefficient (Wildman–Crippen LogP) is 9.83. The summed E-state index contributed by atoms with van der Waals surface area (Å²) in [6.45, 7) is 13.0. The van der Waals surface area contributed by atoms with Gasteiger partial charge in [0.15, 0.2) is 0 Å². The van der Waals surface area contributed by atoms with E-state index in [1.807, 2.05) is 62.4 Å². The number of rotatable bonds is 21. The average Bonchev–Trinajstić information content (AvgIpc) is 3.63. The molecule has 0 amide bonds. The Morgan fingerprint density at radius 1 is 0.956 bits per heavy atom. The zero-order valence-corrected chi connectivity index (χ0v) is 31.5. The van der Waals surface area contributed by atoms with Crippen LogP contribution in [0.1, 0.15) is 72.8 Å². The first kappa shape index (κ1) is 44.2. The quantitative estimate of drug-likeness (QED) is 0.0533. The minimum Gasteiger partial charge on any atom is -0.321 e. The van der Waals surface area contributed by atoms with Crippen molar-refractivity contribution in [3.8, 4) is 12.1 Å². The first-order chi connectivity index (χ1) is 20.9. The summed E-state index contributed by atoms with van der Waals surface area (Å²) in [4.78, 5) is 0. The number of phosphoric ester groups is 1. The van der Waals surface area contributed by atoms with Crippen LogP contribution in [0.2, 0.25) is 10.0 Å². The minimum atomic E-state index is -3.90. The molecule has 0 saturated heterocycles. The standard InChI is InChI=1S/C26H43ClN3O6P2.C5H4Cl.Fe/c1-7-26(6,20-33-37(32-16-9-14-28)30(22(2)3)23(4)5)21-36-38(31,35-18-10-15-29)34-17-8-11-24-12-13-25(27)19-24;6-5-3-1-2-4-5;/h12-13,19,22-23H,7-11,16-18,20-21H2,1-6H3;1-4H;/q2*-1;+2. The molecule has 0 aromatic heterocycles. The molecule has 0 aliphatic heterocycles. The molecule has 3 unspecified atom stereocenters. The average molecular weight is 746 g/mol. The summed E-state index contributed by atoms with van der Waals surface area (Å²) < 4.78 is 44.6. The van der Waals surface area contributed by atoms with Gasteiger partial charge in [-0.1, -0.05) is 23.9 Å². The number of halogens is 2. The van der Waals surface area contributed by atoms with E-state index in [0.717, 1.165) is 10.6 Å². The van der Waals surface area contributed by atoms with Gasteiger partial charge in [-0.25, -0.2) is 21.4 Å². The van der Waals surface area contributed by atoms with Crippen molar-refractivity contribution >= 4 is 39.6 Å². The fourth-order valence-corrected chi connectivity index (χ4v) is 7.21. The van der Waals surface area contributed by atoms with E-state index < -0.39 is 21.8 Å². The van der Waals surface area contributed by atoms with E-state index in [1.165, 1.54) is 0 Å². The molecule has 0 saturated carbocycles. The molecule has 14 heteroatoms. The Balaban J connectivity index is 0.00000246. The van der Waals surface area contributed by atoms with Crippen LogP contribution in [0.3, 0.4) is 0 Å². The van der Waals surface area contributed by atoms with Crippen LogP contribution >= 0.6 is 39.6 Å². The number of phosphoric acid groups is 1. The maximum atomic E-state index is 13.4. The van der Waals surface area contributed by atoms with Gasteiger partial charge in [0.05, 0.1) is 58.0 Å². The van der Waals surface area contributed by atoms with Crippen LogP contribution in [0.25, 0.3) is 0 Å². The summed E-state index contributed by atoms with van der Waals surface area (Å²) in [6, 6.07) is 17.6. The van der Waals surface area contributed by atoms with Gasteiger partial charge in [-0.2, -0.15) is 46.4 Å². The molecule has 45 heavy (non-hydrogen) atoms. The second kappa shape index (κ2) is 24.4. The largest absolute Gasteiger partial charge is 2.00 e. The minimum absolute atomic E-state index is 0. The van der Waals surface area contributed by atoms with E-state index in [2.05, 4.69) is 38.4 Å². The summed E-state index contributed by atoms with van der Waals surface area (Å²) in [5.41, 5.74) is 0.559. The van der Waals surface area contributed by atoms with Crippen molar-refractivity contribution in [3.05, 3.63) is 58.1 Å². The van der Waals surface area contributed by atoms with Crippen molar-refractivity contribution in [2.24, 2.45) is 5.41 Å². The van der Waals surface area contributed by atoms with Gasteiger partial charge in [-0.3, -0.25) is 13.6 Å². The molecule has 3 atom stereocenters. The normalized spacial score (nSPS) is 14.5. The number of aryl methyl sites for hydroxylation is 1. The van der Waals surface area contributed by atoms with E-state index in [0.29, 0.717) is 24.3 Å². The first-order valence-electron chi connectivity index (χ1n) is 14.8. The van der Waals surface area contributed by atoms with Crippen LogP contribution in [-0.2, 0) is 50.7 Å². The van der Waals surface area contributed by atoms with Gasteiger partial charge >= 0.3 is 24.9 Å². The van der Waals surface area contributed by atoms with Gasteiger partial charge in [0.25, 0.3) is 8.53 Å². The zero-order valence-electron chi connectivity index (χ0n) is 27.1. The van der Waals surface area contributed by atoms with Crippen molar-refractivity contribution in [1.82, 2.24) is 4.67 Å². The molecule has 0 N–H and O–H groups in total. The maximum Gasteiger partial charge on any atom is 2.00 e. The second-order valence-corrected chi connectivity index (χ2v) is 14.9. The SMILES string of the molecule is CCC(C)(COP(OCCC#N)N(C(C)C)C(C)C)COP(=O)(OCCC#N)OCCCc1ccc(Cl)[cH-]1.Clc1ccc[cH-]1.[Fe+2]. The fraction of sp³-hybridized carbons (Fsp3) is 0.613. The van der Waals surface area contributed by atoms with Crippen molar-refractivity contribution in [2.45, 2.75) is 85.7 Å². The monoisotopic (exact) mass is 745 g/mol. The van der Waals surface area contributed by atoms with Crippen LogP contribution in [-0.4, -0.2) is 49.8 Å². The molecule has 0 fully saturated rings. The Bertz CT molecular complexity index is 1160. The molecule has 2 rings (SSSR count). The van der Waals surface area contributed by atoms with Crippen molar-refractivity contribution in [2.75, 3.05) is 33.0 Å². The molecular formula is C31H47Cl2FeN3O6P2. The fourth-order valence-electron chi connectivity index (χ4n) is 3.74. The Morgan fingerprint density at radius 2 is 1.60 bits per heavy atom. The van der Waals surface area contributed by atoms with Crippen molar-refractivity contribution in [3.63, 3.8) is 0 Å². The molecule has 0 bridgehead atoms. The van der Waals surface area contributed by atoms with Crippen LogP contribution in [0.15, 0.2) is 42.5 Å². The Morgan fingerprint density at radius 3 is 2.09 bits per heavy atom. The topological polar surface area (TPSA) is 114 Å². The van der Waals surface area contributed by atoms with Gasteiger partial charge in [0, 0.05) is 17.5 Å². The first-order valence-corrected chi connectivity index (χ1v) is 18.1. The molecule has 2 aromatic rings. The Kier molecular flexibility index (Phi) is 23.9. The number of nitrogens with zero attached hydrogens (tertiary/aromatic N) is 3. The third-order valence-electron chi connectivity index (χ3n) is 6.33. The van der Waals surface area contributed by atoms with Crippen LogP contribution in [0.5, 0.6) is 0 Å². The van der Waals surface area contributed by atoms with Crippen LogP contribution in [0, 0.1) is 28.1 Å². The number of nitriles is 2. The summed E-state index contributed by atoms with van der Waals surface area (Å²) in [7, 11) is -5.32. The third-order valence-corrected chi connectivity index (χ3v) is 10.3. The van der Waals surface area contributed by atoms with Crippen molar-refractivity contribution in [1.29, 1.82) is 10.5 Å². The smallest absolute Gasteiger partial charge is 0.321 e. The van der Waals surface area contributed by atoms with Crippen molar-refractivity contribution < 1.29 is 44.3 Å². The van der Waals surface area contributed by atoms with Gasteiger partial charge in [0.2, 0.25) is 0 Å². The molecule has 0 heterocycles. The van der Waals surface area contributed by atoms with E-state index in [1.54, 1.807) is 0 Å². The summed E-state index contributed by atoms with van der Waals surface area (Å²) in [5.74, 6) is 0. The maximum absolute atomic E-state index is 13.4. The van der Waals surface area contributed by atoms with E-state index in [4.69, 9.17) is 56.3 Å². The van der Waals surface area contributed by atoms with Gasteiger partial charge in [0.1, 0.15) is 0 Å². The molecule has 0 aliphatic rings. The second-order valence-electron chi connectivity index (χ2n) is 10.9. The van der Waals surface area contributed by atoms with Gasteiger partial charge in [-0.05, 0) is 47.0 Å². The summed E-state index contributed by atoms with van der Waals surface area (Å²) in [5, 5.41) is 19.3. The van der Waals surface area contributed by atoms with Gasteiger partial charge in [-0.15, -0.1) is 23.2 Å². The Labute approximate surface area is 292 Å². The molecular weight excluding hydrogens is 699 g/mol. The Hall–Kier alpha value is -0.801. The van der Waals surface area contributed by atoms with E-state index >= 15 is 0 Å². The zero-order chi connectivity index (χ0) is 33.0. The van der Waals surface area contributed by atoms with Crippen LogP contribution < -0.4 is 0 Å². The molecule has 9 nitrogen and oxygen atoms in total. The third kappa shape index (κ3) is 19.0. The molecule has 254 valence electrons. The summed E-state index contributed by atoms with van der Waals surface area (Å²) in [6.07, 6.45) is 2.34. The number of hydrogen-bond donors (Lipinski definition) is 0. The molecule has 0 spiro atoms. The molecule has 2 aromatic carbocycles. The predicted molar refractivity (Wildman–Crippen MR) is 178 cm³/mol. The number of hydrogen-bond acceptors (Lipinski definition) is 9. The van der Waals surface area contributed by atoms with Gasteiger partial charge < -0.3 is 9.05 Å². The van der Waals surface area contributed by atoms with Crippen LogP contribution in [0.4, 0.5) is 0 Å².